The Labute approximate surface area is 129 Å². The Morgan fingerprint density at radius 3 is 2.85 bits per heavy atom. The number of non-ortho nitro benzene ring substituents is 1. The van der Waals surface area contributed by atoms with Crippen LogP contribution in [0.1, 0.15) is 24.7 Å². The molecule has 8 heteroatoms. The summed E-state index contributed by atoms with van der Waals surface area (Å²) in [5.41, 5.74) is 1.04. The smallest absolute Gasteiger partial charge is 0.258 e. The summed E-state index contributed by atoms with van der Waals surface area (Å²) in [6.07, 6.45) is 0. The van der Waals surface area contributed by atoms with Gasteiger partial charge in [0.25, 0.3) is 5.69 Å². The van der Waals surface area contributed by atoms with E-state index in [1.807, 2.05) is 13.0 Å². The van der Waals surface area contributed by atoms with E-state index in [-0.39, 0.29) is 15.9 Å². The van der Waals surface area contributed by atoms with E-state index in [0.29, 0.717) is 0 Å². The van der Waals surface area contributed by atoms with Crippen LogP contribution < -0.4 is 0 Å². The SMILES string of the molecule is CCSc1nnc(S[C@H](C)c2cccc([N+](=O)[O-])c2)s1. The largest absolute Gasteiger partial charge is 0.269 e. The number of thioether (sulfide) groups is 2. The number of nitro benzene ring substituents is 1. The lowest BCUT2D eigenvalue weighted by atomic mass is 10.1. The molecule has 5 nitrogen and oxygen atoms in total. The molecule has 1 atom stereocenters. The summed E-state index contributed by atoms with van der Waals surface area (Å²) in [7, 11) is 0. The molecule has 1 aromatic carbocycles. The van der Waals surface area contributed by atoms with Gasteiger partial charge < -0.3 is 0 Å². The Kier molecular flexibility index (Phi) is 5.38. The molecule has 0 N–H and O–H groups in total. The van der Waals surface area contributed by atoms with Crippen molar-refractivity contribution in [3.63, 3.8) is 0 Å². The summed E-state index contributed by atoms with van der Waals surface area (Å²) >= 11 is 4.80. The number of aromatic nitrogens is 2. The average Bonchev–Trinajstić information content (AvgIpc) is 2.86. The predicted octanol–water partition coefficient (Wildman–Crippen LogP) is 4.41. The normalized spacial score (nSPS) is 12.3. The molecule has 2 aromatic rings. The minimum absolute atomic E-state index is 0.0994. The maximum atomic E-state index is 10.8. The highest BCUT2D eigenvalue weighted by molar-refractivity contribution is 8.03. The van der Waals surface area contributed by atoms with Crippen molar-refractivity contribution in [3.8, 4) is 0 Å². The summed E-state index contributed by atoms with van der Waals surface area (Å²) in [5, 5.41) is 19.1. The third kappa shape index (κ3) is 3.94. The van der Waals surface area contributed by atoms with E-state index in [4.69, 9.17) is 0 Å². The van der Waals surface area contributed by atoms with Crippen LogP contribution in [-0.2, 0) is 0 Å². The number of benzene rings is 1. The molecule has 0 amide bonds. The highest BCUT2D eigenvalue weighted by atomic mass is 32.2. The van der Waals surface area contributed by atoms with E-state index in [2.05, 4.69) is 17.1 Å². The Balaban J connectivity index is 2.08. The Morgan fingerprint density at radius 1 is 1.40 bits per heavy atom. The molecule has 20 heavy (non-hydrogen) atoms. The van der Waals surface area contributed by atoms with Crippen LogP contribution in [0.3, 0.4) is 0 Å². The van der Waals surface area contributed by atoms with Crippen molar-refractivity contribution in [3.05, 3.63) is 39.9 Å². The second kappa shape index (κ2) is 7.05. The first-order chi connectivity index (χ1) is 9.60. The van der Waals surface area contributed by atoms with Gasteiger partial charge in [-0.2, -0.15) is 0 Å². The molecule has 0 radical (unpaired) electrons. The molecule has 0 fully saturated rings. The van der Waals surface area contributed by atoms with Gasteiger partial charge in [0.2, 0.25) is 0 Å². The van der Waals surface area contributed by atoms with Crippen molar-refractivity contribution in [1.82, 2.24) is 10.2 Å². The molecule has 0 saturated heterocycles. The van der Waals surface area contributed by atoms with Crippen LogP contribution in [0.4, 0.5) is 5.69 Å². The third-order valence-corrected chi connectivity index (χ3v) is 5.66. The summed E-state index contributed by atoms with van der Waals surface area (Å²) in [4.78, 5) is 10.4. The standard InChI is InChI=1S/C12H13N3O2S3/c1-3-18-11-13-14-12(20-11)19-8(2)9-5-4-6-10(7-9)15(16)17/h4-8H,3H2,1-2H3/t8-/m1/s1. The number of nitrogens with zero attached hydrogens (tertiary/aromatic N) is 3. The number of hydrogen-bond donors (Lipinski definition) is 0. The van der Waals surface area contributed by atoms with Crippen LogP contribution in [0.25, 0.3) is 0 Å². The van der Waals surface area contributed by atoms with Gasteiger partial charge in [0.05, 0.1) is 4.92 Å². The van der Waals surface area contributed by atoms with Gasteiger partial charge >= 0.3 is 0 Å². The molecule has 1 heterocycles. The molecule has 0 saturated carbocycles. The summed E-state index contributed by atoms with van der Waals surface area (Å²) in [6, 6.07) is 6.72. The van der Waals surface area contributed by atoms with Gasteiger partial charge in [-0.15, -0.1) is 10.2 Å². The van der Waals surface area contributed by atoms with E-state index in [9.17, 15) is 10.1 Å². The van der Waals surface area contributed by atoms with Gasteiger partial charge in [-0.1, -0.05) is 53.9 Å². The molecular weight excluding hydrogens is 314 g/mol. The third-order valence-electron chi connectivity index (χ3n) is 2.48. The van der Waals surface area contributed by atoms with Crippen molar-refractivity contribution in [2.24, 2.45) is 0 Å². The van der Waals surface area contributed by atoms with Crippen LogP contribution in [0, 0.1) is 10.1 Å². The molecule has 0 aliphatic rings. The van der Waals surface area contributed by atoms with Crippen LogP contribution in [0.2, 0.25) is 0 Å². The van der Waals surface area contributed by atoms with Gasteiger partial charge in [0.15, 0.2) is 8.68 Å². The predicted molar refractivity (Wildman–Crippen MR) is 83.7 cm³/mol. The van der Waals surface area contributed by atoms with Crippen molar-refractivity contribution in [2.75, 3.05) is 5.75 Å². The first kappa shape index (κ1) is 15.3. The van der Waals surface area contributed by atoms with E-state index in [0.717, 1.165) is 20.0 Å². The number of rotatable bonds is 6. The van der Waals surface area contributed by atoms with Crippen LogP contribution >= 0.6 is 34.9 Å². The van der Waals surface area contributed by atoms with Gasteiger partial charge in [-0.3, -0.25) is 10.1 Å². The average molecular weight is 327 g/mol. The molecule has 0 aliphatic carbocycles. The zero-order valence-electron chi connectivity index (χ0n) is 11.0. The van der Waals surface area contributed by atoms with Crippen molar-refractivity contribution < 1.29 is 4.92 Å². The van der Waals surface area contributed by atoms with Crippen LogP contribution in [-0.4, -0.2) is 20.9 Å². The van der Waals surface area contributed by atoms with E-state index in [1.165, 1.54) is 6.07 Å². The molecule has 0 spiro atoms. The summed E-state index contributed by atoms with van der Waals surface area (Å²) < 4.78 is 1.85. The fourth-order valence-corrected chi connectivity index (χ4v) is 4.71. The monoisotopic (exact) mass is 327 g/mol. The number of hydrogen-bond acceptors (Lipinski definition) is 7. The highest BCUT2D eigenvalue weighted by Gasteiger charge is 2.14. The van der Waals surface area contributed by atoms with Gasteiger partial charge in [-0.25, -0.2) is 0 Å². The maximum absolute atomic E-state index is 10.8. The Bertz CT molecular complexity index is 603. The lowest BCUT2D eigenvalue weighted by molar-refractivity contribution is -0.384. The van der Waals surface area contributed by atoms with E-state index >= 15 is 0 Å². The molecular formula is C12H13N3O2S3. The Morgan fingerprint density at radius 2 is 2.15 bits per heavy atom. The fraction of sp³-hybridized carbons (Fsp3) is 0.333. The van der Waals surface area contributed by atoms with Crippen molar-refractivity contribution in [1.29, 1.82) is 0 Å². The first-order valence-electron chi connectivity index (χ1n) is 5.97. The minimum atomic E-state index is -0.373. The second-order valence-corrected chi connectivity index (χ2v) is 7.96. The van der Waals surface area contributed by atoms with Crippen molar-refractivity contribution in [2.45, 2.75) is 27.8 Å². The zero-order valence-corrected chi connectivity index (χ0v) is 13.4. The van der Waals surface area contributed by atoms with Crippen LogP contribution in [0.5, 0.6) is 0 Å². The molecule has 106 valence electrons. The number of nitro groups is 1. The molecule has 1 aromatic heterocycles. The fourth-order valence-electron chi connectivity index (χ4n) is 1.54. The molecule has 2 rings (SSSR count). The molecule has 0 aliphatic heterocycles. The summed E-state index contributed by atoms with van der Waals surface area (Å²) in [6.45, 7) is 4.09. The van der Waals surface area contributed by atoms with Crippen molar-refractivity contribution >= 4 is 40.5 Å². The van der Waals surface area contributed by atoms with E-state index < -0.39 is 0 Å². The second-order valence-electron chi connectivity index (χ2n) is 3.88. The minimum Gasteiger partial charge on any atom is -0.258 e. The van der Waals surface area contributed by atoms with E-state index in [1.54, 1.807) is 47.0 Å². The maximum Gasteiger partial charge on any atom is 0.269 e. The van der Waals surface area contributed by atoms with Gasteiger partial charge in [0.1, 0.15) is 0 Å². The lowest BCUT2D eigenvalue weighted by Crippen LogP contribution is -1.92. The topological polar surface area (TPSA) is 68.9 Å². The molecule has 0 unspecified atom stereocenters. The van der Waals surface area contributed by atoms with Crippen LogP contribution in [0.15, 0.2) is 32.9 Å². The van der Waals surface area contributed by atoms with Gasteiger partial charge in [0, 0.05) is 17.4 Å². The quantitative estimate of drug-likeness (QED) is 0.444. The zero-order chi connectivity index (χ0) is 14.5. The summed E-state index contributed by atoms with van der Waals surface area (Å²) in [5.74, 6) is 0.972. The highest BCUT2D eigenvalue weighted by Crippen LogP contribution is 2.38. The molecule has 0 bridgehead atoms. The Hall–Kier alpha value is -1.12. The van der Waals surface area contributed by atoms with Gasteiger partial charge in [-0.05, 0) is 18.2 Å². The first-order valence-corrected chi connectivity index (χ1v) is 8.65. The lowest BCUT2D eigenvalue weighted by Gasteiger charge is -2.08.